The van der Waals surface area contributed by atoms with E-state index in [4.69, 9.17) is 0 Å². The van der Waals surface area contributed by atoms with E-state index in [9.17, 15) is 14.4 Å². The van der Waals surface area contributed by atoms with Crippen LogP contribution in [0.2, 0.25) is 0 Å². The molecule has 6 heteroatoms. The Hall–Kier alpha value is -2.89. The molecule has 1 aliphatic carbocycles. The Balaban J connectivity index is 1.86. The third-order valence-electron chi connectivity index (χ3n) is 5.01. The van der Waals surface area contributed by atoms with Gasteiger partial charge in [-0.05, 0) is 44.9 Å². The number of nitrogens with zero attached hydrogens (tertiary/aromatic N) is 2. The normalized spacial score (nSPS) is 21.5. The predicted octanol–water partition coefficient (Wildman–Crippen LogP) is 2.69. The largest absolute Gasteiger partial charge is 0.335 e. The average molecular weight is 367 g/mol. The molecule has 2 atom stereocenters. The second kappa shape index (κ2) is 7.78. The van der Waals surface area contributed by atoms with Gasteiger partial charge in [0.05, 0.1) is 17.5 Å². The summed E-state index contributed by atoms with van der Waals surface area (Å²) in [4.78, 5) is 39.8. The van der Waals surface area contributed by atoms with Gasteiger partial charge in [0.1, 0.15) is 0 Å². The fourth-order valence-corrected chi connectivity index (χ4v) is 3.60. The number of nitrogens with one attached hydrogen (secondary N) is 1. The van der Waals surface area contributed by atoms with Gasteiger partial charge in [0.25, 0.3) is 5.91 Å². The van der Waals surface area contributed by atoms with Gasteiger partial charge < -0.3 is 4.90 Å². The van der Waals surface area contributed by atoms with E-state index in [2.05, 4.69) is 12.0 Å². The van der Waals surface area contributed by atoms with Crippen molar-refractivity contribution < 1.29 is 14.4 Å². The molecule has 6 nitrogen and oxygen atoms in total. The number of benzene rings is 1. The molecule has 0 radical (unpaired) electrons. The third kappa shape index (κ3) is 3.79. The van der Waals surface area contributed by atoms with Crippen molar-refractivity contribution in [1.82, 2.24) is 10.3 Å². The molecule has 0 aromatic heterocycles. The number of carbonyl (C=O) groups excluding carboxylic acids is 3. The molecule has 27 heavy (non-hydrogen) atoms. The molecule has 1 aliphatic heterocycles. The van der Waals surface area contributed by atoms with Crippen LogP contribution < -0.4 is 10.4 Å². The summed E-state index contributed by atoms with van der Waals surface area (Å²) in [5, 5.41) is 1.29. The number of anilines is 1. The summed E-state index contributed by atoms with van der Waals surface area (Å²) in [7, 11) is 0. The Bertz CT molecular complexity index is 815. The van der Waals surface area contributed by atoms with Crippen LogP contribution in [-0.4, -0.2) is 35.7 Å². The molecule has 0 spiro atoms. The molecule has 1 heterocycles. The Morgan fingerprint density at radius 2 is 1.96 bits per heavy atom. The van der Waals surface area contributed by atoms with Crippen LogP contribution in [0.4, 0.5) is 5.69 Å². The minimum Gasteiger partial charge on any atom is -0.335 e. The van der Waals surface area contributed by atoms with Crippen LogP contribution in [0.3, 0.4) is 0 Å². The summed E-state index contributed by atoms with van der Waals surface area (Å²) in [5.74, 6) is -1.08. The van der Waals surface area contributed by atoms with Gasteiger partial charge in [0.2, 0.25) is 11.8 Å². The number of allylic oxidation sites excluding steroid dienone is 2. The highest BCUT2D eigenvalue weighted by Gasteiger charge is 2.42. The minimum absolute atomic E-state index is 0.128. The maximum atomic E-state index is 12.9. The quantitative estimate of drug-likeness (QED) is 0.814. The summed E-state index contributed by atoms with van der Waals surface area (Å²) in [6.45, 7) is 8.70. The van der Waals surface area contributed by atoms with Crippen molar-refractivity contribution in [1.29, 1.82) is 0 Å². The predicted molar refractivity (Wildman–Crippen MR) is 104 cm³/mol. The lowest BCUT2D eigenvalue weighted by Crippen LogP contribution is -2.59. The number of hydrogen-bond acceptors (Lipinski definition) is 3. The summed E-state index contributed by atoms with van der Waals surface area (Å²) in [6, 6.07) is 6.82. The maximum absolute atomic E-state index is 12.9. The smallest absolute Gasteiger partial charge is 0.254 e. The zero-order valence-corrected chi connectivity index (χ0v) is 15.8. The molecule has 3 amide bonds. The van der Waals surface area contributed by atoms with Crippen molar-refractivity contribution in [3.8, 4) is 0 Å². The second-order valence-corrected chi connectivity index (χ2v) is 7.13. The first-order valence-corrected chi connectivity index (χ1v) is 9.25. The molecule has 2 aliphatic rings. The van der Waals surface area contributed by atoms with E-state index in [1.807, 2.05) is 26.0 Å². The van der Waals surface area contributed by atoms with Crippen LogP contribution >= 0.6 is 0 Å². The fraction of sp³-hybridized carbons (Fsp3) is 0.381. The molecule has 1 aromatic carbocycles. The first-order chi connectivity index (χ1) is 12.9. The van der Waals surface area contributed by atoms with Crippen molar-refractivity contribution in [2.24, 2.45) is 11.8 Å². The van der Waals surface area contributed by atoms with Gasteiger partial charge in [0, 0.05) is 18.7 Å². The average Bonchev–Trinajstić information content (AvgIpc) is 2.68. The summed E-state index contributed by atoms with van der Waals surface area (Å²) in [5.41, 5.74) is 4.57. The fourth-order valence-electron chi connectivity index (χ4n) is 3.60. The van der Waals surface area contributed by atoms with Gasteiger partial charge in [-0.15, -0.1) is 0 Å². The molecule has 1 fully saturated rings. The molecule has 1 saturated heterocycles. The van der Waals surface area contributed by atoms with Crippen molar-refractivity contribution in [2.45, 2.75) is 26.7 Å². The zero-order valence-electron chi connectivity index (χ0n) is 15.8. The lowest BCUT2D eigenvalue weighted by molar-refractivity contribution is -0.139. The lowest BCUT2D eigenvalue weighted by atomic mass is 9.80. The SMILES string of the molecule is C=C(C)CN(CC)C(=O)c1cccc(N2NC(=O)[C@@H]3CC=CC[C@H]3C2=O)c1. The van der Waals surface area contributed by atoms with E-state index in [1.165, 1.54) is 5.01 Å². The molecule has 142 valence electrons. The van der Waals surface area contributed by atoms with E-state index in [1.54, 1.807) is 29.2 Å². The molecule has 0 unspecified atom stereocenters. The zero-order chi connectivity index (χ0) is 19.6. The highest BCUT2D eigenvalue weighted by molar-refractivity contribution is 6.05. The van der Waals surface area contributed by atoms with Gasteiger partial charge in [-0.25, -0.2) is 5.01 Å². The van der Waals surface area contributed by atoms with Gasteiger partial charge in [0.15, 0.2) is 0 Å². The maximum Gasteiger partial charge on any atom is 0.254 e. The van der Waals surface area contributed by atoms with E-state index in [-0.39, 0.29) is 29.6 Å². The van der Waals surface area contributed by atoms with Crippen LogP contribution in [-0.2, 0) is 9.59 Å². The summed E-state index contributed by atoms with van der Waals surface area (Å²) in [6.07, 6.45) is 5.05. The monoisotopic (exact) mass is 367 g/mol. The third-order valence-corrected chi connectivity index (χ3v) is 5.01. The summed E-state index contributed by atoms with van der Waals surface area (Å²) < 4.78 is 0. The number of likely N-dealkylation sites (N-methyl/N-ethyl adjacent to an activating group) is 1. The van der Waals surface area contributed by atoms with E-state index < -0.39 is 0 Å². The molecule has 0 saturated carbocycles. The van der Waals surface area contributed by atoms with Gasteiger partial charge in [-0.2, -0.15) is 0 Å². The highest BCUT2D eigenvalue weighted by Crippen LogP contribution is 2.32. The minimum atomic E-state index is -0.348. The molecular weight excluding hydrogens is 342 g/mol. The van der Waals surface area contributed by atoms with E-state index >= 15 is 0 Å². The molecule has 1 N–H and O–H groups in total. The number of rotatable bonds is 5. The van der Waals surface area contributed by atoms with Crippen molar-refractivity contribution >= 4 is 23.4 Å². The van der Waals surface area contributed by atoms with Gasteiger partial charge in [-0.3, -0.25) is 19.8 Å². The highest BCUT2D eigenvalue weighted by atomic mass is 16.2. The van der Waals surface area contributed by atoms with Crippen LogP contribution in [0.1, 0.15) is 37.0 Å². The van der Waals surface area contributed by atoms with Crippen molar-refractivity contribution in [3.63, 3.8) is 0 Å². The van der Waals surface area contributed by atoms with E-state index in [0.717, 1.165) is 5.57 Å². The molecule has 0 bridgehead atoms. The van der Waals surface area contributed by atoms with Crippen molar-refractivity contribution in [2.75, 3.05) is 18.1 Å². The van der Waals surface area contributed by atoms with Gasteiger partial charge >= 0.3 is 0 Å². The van der Waals surface area contributed by atoms with Gasteiger partial charge in [-0.1, -0.05) is 30.4 Å². The number of hydrazine groups is 1. The van der Waals surface area contributed by atoms with Crippen LogP contribution in [0.25, 0.3) is 0 Å². The Kier molecular flexibility index (Phi) is 5.44. The van der Waals surface area contributed by atoms with Crippen LogP contribution in [0.15, 0.2) is 48.6 Å². The second-order valence-electron chi connectivity index (χ2n) is 7.13. The lowest BCUT2D eigenvalue weighted by Gasteiger charge is -2.38. The van der Waals surface area contributed by atoms with Crippen molar-refractivity contribution in [3.05, 3.63) is 54.1 Å². The topological polar surface area (TPSA) is 69.7 Å². The number of carbonyl (C=O) groups is 3. The first kappa shape index (κ1) is 18.9. The van der Waals surface area contributed by atoms with Crippen LogP contribution in [0, 0.1) is 11.8 Å². The number of hydrogen-bond donors (Lipinski definition) is 1. The Morgan fingerprint density at radius 1 is 1.26 bits per heavy atom. The van der Waals surface area contributed by atoms with E-state index in [0.29, 0.717) is 37.2 Å². The summed E-state index contributed by atoms with van der Waals surface area (Å²) >= 11 is 0. The Morgan fingerprint density at radius 3 is 2.63 bits per heavy atom. The standard InChI is InChI=1S/C21H25N3O3/c1-4-23(13-14(2)3)20(26)15-8-7-9-16(12-15)24-21(27)18-11-6-5-10-17(18)19(25)22-24/h5-9,12,17-18H,2,4,10-11,13H2,1,3H3,(H,22,25)/t17-,18-/m1/s1. The number of amides is 3. The molecule has 1 aromatic rings. The molecule has 3 rings (SSSR count). The Labute approximate surface area is 159 Å². The number of fused-ring (bicyclic) bond motifs is 1. The van der Waals surface area contributed by atoms with Crippen LogP contribution in [0.5, 0.6) is 0 Å². The first-order valence-electron chi connectivity index (χ1n) is 9.25. The molecular formula is C21H25N3O3.